The number of amides is 1. The van der Waals surface area contributed by atoms with Crippen molar-refractivity contribution < 1.29 is 4.79 Å². The molecule has 3 N–H and O–H groups in total. The van der Waals surface area contributed by atoms with E-state index in [1.807, 2.05) is 25.1 Å². The Hall–Kier alpha value is -1.77. The van der Waals surface area contributed by atoms with E-state index in [9.17, 15) is 4.79 Å². The maximum absolute atomic E-state index is 11.6. The highest BCUT2D eigenvalue weighted by molar-refractivity contribution is 5.80. The molecule has 0 saturated heterocycles. The fraction of sp³-hybridized carbons (Fsp3) is 0.308. The van der Waals surface area contributed by atoms with Crippen LogP contribution in [0.2, 0.25) is 0 Å². The van der Waals surface area contributed by atoms with E-state index in [2.05, 4.69) is 11.9 Å². The zero-order chi connectivity index (χ0) is 12.0. The molecular weight excluding hydrogens is 200 g/mol. The van der Waals surface area contributed by atoms with Crippen LogP contribution in [0.3, 0.4) is 0 Å². The Morgan fingerprint density at radius 1 is 1.56 bits per heavy atom. The summed E-state index contributed by atoms with van der Waals surface area (Å²) in [6, 6.07) is 7.53. The molecule has 0 radical (unpaired) electrons. The van der Waals surface area contributed by atoms with Crippen LogP contribution < -0.4 is 11.1 Å². The van der Waals surface area contributed by atoms with Gasteiger partial charge in [0.05, 0.1) is 6.42 Å². The van der Waals surface area contributed by atoms with Crippen LogP contribution in [0.25, 0.3) is 0 Å². The minimum atomic E-state index is -0.00718. The van der Waals surface area contributed by atoms with Gasteiger partial charge in [-0.15, -0.1) is 6.58 Å². The Bertz CT molecular complexity index is 374. The highest BCUT2D eigenvalue weighted by atomic mass is 16.1. The normalized spacial score (nSPS) is 11.8. The number of hydrogen-bond acceptors (Lipinski definition) is 2. The molecule has 0 spiro atoms. The number of rotatable bonds is 5. The molecule has 16 heavy (non-hydrogen) atoms. The lowest BCUT2D eigenvalue weighted by Crippen LogP contribution is -2.33. The standard InChI is InChI=1S/C13H18N2O/c1-3-6-10(2)15-13(16)9-11-7-4-5-8-12(11)14/h3-5,7-8,10H,1,6,9,14H2,2H3,(H,15,16). The second-order valence-electron chi connectivity index (χ2n) is 3.87. The van der Waals surface area contributed by atoms with Gasteiger partial charge in [0.1, 0.15) is 0 Å². The average molecular weight is 218 g/mol. The number of anilines is 1. The van der Waals surface area contributed by atoms with Gasteiger partial charge in [0.2, 0.25) is 5.91 Å². The SMILES string of the molecule is C=CCC(C)NC(=O)Cc1ccccc1N. The van der Waals surface area contributed by atoms with Crippen molar-refractivity contribution in [2.75, 3.05) is 5.73 Å². The monoisotopic (exact) mass is 218 g/mol. The zero-order valence-corrected chi connectivity index (χ0v) is 9.57. The van der Waals surface area contributed by atoms with Gasteiger partial charge >= 0.3 is 0 Å². The molecule has 0 saturated carbocycles. The van der Waals surface area contributed by atoms with E-state index in [1.165, 1.54) is 0 Å². The van der Waals surface area contributed by atoms with Crippen molar-refractivity contribution in [1.82, 2.24) is 5.32 Å². The fourth-order valence-corrected chi connectivity index (χ4v) is 1.50. The van der Waals surface area contributed by atoms with Crippen LogP contribution in [0, 0.1) is 0 Å². The Morgan fingerprint density at radius 2 is 2.25 bits per heavy atom. The molecule has 0 aliphatic carbocycles. The molecule has 1 unspecified atom stereocenters. The molecule has 3 heteroatoms. The van der Waals surface area contributed by atoms with Gasteiger partial charge in [-0.05, 0) is 25.0 Å². The lowest BCUT2D eigenvalue weighted by molar-refractivity contribution is -0.121. The quantitative estimate of drug-likeness (QED) is 0.585. The number of nitrogen functional groups attached to an aromatic ring is 1. The summed E-state index contributed by atoms with van der Waals surface area (Å²) < 4.78 is 0. The summed E-state index contributed by atoms with van der Waals surface area (Å²) in [5, 5.41) is 2.89. The summed E-state index contributed by atoms with van der Waals surface area (Å²) in [6.45, 7) is 5.59. The predicted molar refractivity (Wildman–Crippen MR) is 67.0 cm³/mol. The predicted octanol–water partition coefficient (Wildman–Crippen LogP) is 1.89. The summed E-state index contributed by atoms with van der Waals surface area (Å²) >= 11 is 0. The highest BCUT2D eigenvalue weighted by Gasteiger charge is 2.08. The Morgan fingerprint density at radius 3 is 2.88 bits per heavy atom. The smallest absolute Gasteiger partial charge is 0.224 e. The van der Waals surface area contributed by atoms with Crippen molar-refractivity contribution >= 4 is 11.6 Å². The number of carbonyl (C=O) groups is 1. The first kappa shape index (κ1) is 12.3. The lowest BCUT2D eigenvalue weighted by Gasteiger charge is -2.12. The van der Waals surface area contributed by atoms with Gasteiger partial charge in [0, 0.05) is 11.7 Å². The minimum absolute atomic E-state index is 0.00718. The number of para-hydroxylation sites is 1. The van der Waals surface area contributed by atoms with Crippen molar-refractivity contribution in [3.05, 3.63) is 42.5 Å². The minimum Gasteiger partial charge on any atom is -0.398 e. The molecule has 1 amide bonds. The van der Waals surface area contributed by atoms with E-state index in [1.54, 1.807) is 12.1 Å². The van der Waals surface area contributed by atoms with Crippen LogP contribution in [0.15, 0.2) is 36.9 Å². The van der Waals surface area contributed by atoms with Crippen LogP contribution in [0.4, 0.5) is 5.69 Å². The summed E-state index contributed by atoms with van der Waals surface area (Å²) in [5.41, 5.74) is 7.29. The van der Waals surface area contributed by atoms with Gasteiger partial charge in [0.15, 0.2) is 0 Å². The molecule has 0 aliphatic rings. The van der Waals surface area contributed by atoms with Gasteiger partial charge in [-0.3, -0.25) is 4.79 Å². The Kier molecular flexibility index (Phi) is 4.58. The molecule has 0 aliphatic heterocycles. The van der Waals surface area contributed by atoms with E-state index < -0.39 is 0 Å². The van der Waals surface area contributed by atoms with Gasteiger partial charge in [-0.1, -0.05) is 24.3 Å². The van der Waals surface area contributed by atoms with E-state index in [4.69, 9.17) is 5.73 Å². The highest BCUT2D eigenvalue weighted by Crippen LogP contribution is 2.10. The first-order valence-corrected chi connectivity index (χ1v) is 5.37. The molecular formula is C13H18N2O. The number of carbonyl (C=O) groups excluding carboxylic acids is 1. The molecule has 0 fully saturated rings. The molecule has 1 rings (SSSR count). The Balaban J connectivity index is 2.52. The lowest BCUT2D eigenvalue weighted by atomic mass is 10.1. The first-order chi connectivity index (χ1) is 7.63. The van der Waals surface area contributed by atoms with Gasteiger partial charge in [0.25, 0.3) is 0 Å². The third kappa shape index (κ3) is 3.77. The molecule has 1 atom stereocenters. The van der Waals surface area contributed by atoms with E-state index >= 15 is 0 Å². The van der Waals surface area contributed by atoms with E-state index in [0.29, 0.717) is 12.1 Å². The topological polar surface area (TPSA) is 55.1 Å². The first-order valence-electron chi connectivity index (χ1n) is 5.37. The number of nitrogens with one attached hydrogen (secondary N) is 1. The molecule has 1 aromatic carbocycles. The zero-order valence-electron chi connectivity index (χ0n) is 9.57. The van der Waals surface area contributed by atoms with Crippen molar-refractivity contribution in [3.63, 3.8) is 0 Å². The van der Waals surface area contributed by atoms with Crippen molar-refractivity contribution in [2.45, 2.75) is 25.8 Å². The summed E-state index contributed by atoms with van der Waals surface area (Å²) in [5.74, 6) is -0.00718. The molecule has 0 heterocycles. The number of nitrogens with two attached hydrogens (primary N) is 1. The van der Waals surface area contributed by atoms with Crippen LogP contribution in [-0.4, -0.2) is 11.9 Å². The third-order valence-electron chi connectivity index (χ3n) is 2.33. The van der Waals surface area contributed by atoms with Gasteiger partial charge in [-0.25, -0.2) is 0 Å². The van der Waals surface area contributed by atoms with Crippen LogP contribution in [-0.2, 0) is 11.2 Å². The van der Waals surface area contributed by atoms with Gasteiger partial charge < -0.3 is 11.1 Å². The summed E-state index contributed by atoms with van der Waals surface area (Å²) in [4.78, 5) is 11.6. The van der Waals surface area contributed by atoms with Crippen LogP contribution >= 0.6 is 0 Å². The second kappa shape index (κ2) is 5.95. The summed E-state index contributed by atoms with van der Waals surface area (Å²) in [6.07, 6.45) is 2.89. The van der Waals surface area contributed by atoms with Crippen LogP contribution in [0.5, 0.6) is 0 Å². The maximum Gasteiger partial charge on any atom is 0.224 e. The average Bonchev–Trinajstić information content (AvgIpc) is 2.21. The molecule has 86 valence electrons. The van der Waals surface area contributed by atoms with Crippen molar-refractivity contribution in [1.29, 1.82) is 0 Å². The number of hydrogen-bond donors (Lipinski definition) is 2. The largest absolute Gasteiger partial charge is 0.398 e. The molecule has 1 aromatic rings. The van der Waals surface area contributed by atoms with E-state index in [0.717, 1.165) is 12.0 Å². The van der Waals surface area contributed by atoms with Crippen LogP contribution in [0.1, 0.15) is 18.9 Å². The van der Waals surface area contributed by atoms with E-state index in [-0.39, 0.29) is 11.9 Å². The maximum atomic E-state index is 11.6. The second-order valence-corrected chi connectivity index (χ2v) is 3.87. The molecule has 3 nitrogen and oxygen atoms in total. The number of benzene rings is 1. The fourth-order valence-electron chi connectivity index (χ4n) is 1.50. The third-order valence-corrected chi connectivity index (χ3v) is 2.33. The van der Waals surface area contributed by atoms with Crippen molar-refractivity contribution in [3.8, 4) is 0 Å². The molecule has 0 bridgehead atoms. The van der Waals surface area contributed by atoms with Gasteiger partial charge in [-0.2, -0.15) is 0 Å². The van der Waals surface area contributed by atoms with Crippen molar-refractivity contribution in [2.24, 2.45) is 0 Å². The molecule has 0 aromatic heterocycles. The summed E-state index contributed by atoms with van der Waals surface area (Å²) in [7, 11) is 0. The Labute approximate surface area is 96.3 Å².